The number of carbonyl (C=O) groups excluding carboxylic acids is 2. The summed E-state index contributed by atoms with van der Waals surface area (Å²) in [6, 6.07) is 12.3. The van der Waals surface area contributed by atoms with Crippen molar-refractivity contribution in [2.24, 2.45) is 5.10 Å². The van der Waals surface area contributed by atoms with Gasteiger partial charge in [-0.15, -0.1) is 0 Å². The molecule has 0 radical (unpaired) electrons. The monoisotopic (exact) mass is 602 g/mol. The topological polar surface area (TPSA) is 144 Å². The van der Waals surface area contributed by atoms with Crippen LogP contribution in [-0.4, -0.2) is 49.9 Å². The lowest BCUT2D eigenvalue weighted by atomic mass is 9.95. The molecule has 2 aromatic carbocycles. The Morgan fingerprint density at radius 1 is 1.17 bits per heavy atom. The van der Waals surface area contributed by atoms with Crippen LogP contribution in [0, 0.1) is 0 Å². The lowest BCUT2D eigenvalue weighted by Gasteiger charge is -2.28. The van der Waals surface area contributed by atoms with Gasteiger partial charge in [-0.25, -0.2) is 9.59 Å². The number of allylic oxidation sites excluding steroid dienone is 1. The summed E-state index contributed by atoms with van der Waals surface area (Å²) in [6.45, 7) is 3.58. The Morgan fingerprint density at radius 2 is 1.98 bits per heavy atom. The molecule has 41 heavy (non-hydrogen) atoms. The smallest absolute Gasteiger partial charge is 0.337 e. The molecule has 0 bridgehead atoms. The number of ether oxygens (including phenoxy) is 3. The van der Waals surface area contributed by atoms with E-state index in [4.69, 9.17) is 41.8 Å². The number of aliphatic hydroxyl groups is 1. The van der Waals surface area contributed by atoms with Crippen molar-refractivity contribution in [3.05, 3.63) is 81.2 Å². The van der Waals surface area contributed by atoms with Crippen LogP contribution in [0.25, 0.3) is 11.3 Å². The van der Waals surface area contributed by atoms with E-state index in [9.17, 15) is 14.7 Å². The number of hydrogen-bond acceptors (Lipinski definition) is 9. The zero-order valence-corrected chi connectivity index (χ0v) is 23.9. The maximum absolute atomic E-state index is 12.4. The minimum Gasteiger partial charge on any atom is -0.490 e. The first-order valence-electron chi connectivity index (χ1n) is 12.5. The number of nitrogens with one attached hydrogen (secondary N) is 3. The summed E-state index contributed by atoms with van der Waals surface area (Å²) in [5.74, 6) is 1.10. The Labute approximate surface area is 246 Å². The van der Waals surface area contributed by atoms with Gasteiger partial charge < -0.3 is 34.4 Å². The average Bonchev–Trinajstić information content (AvgIpc) is 3.40. The second-order valence-corrected chi connectivity index (χ2v) is 9.58. The van der Waals surface area contributed by atoms with Crippen LogP contribution in [0.3, 0.4) is 0 Å². The van der Waals surface area contributed by atoms with E-state index in [1.165, 1.54) is 13.3 Å². The number of hydrogen-bond donors (Lipinski definition) is 4. The highest BCUT2D eigenvalue weighted by Crippen LogP contribution is 2.35. The number of hydrazone groups is 1. The Balaban J connectivity index is 1.40. The molecule has 4 N–H and O–H groups in total. The standard InChI is InChI=1S/C28H28Cl2N4O7/c1-4-39-23-11-16(26-25(27(36)38-3)15(2)32-28(37)33-26)5-9-22(23)40-14-24(35)34-31-13-18-7-10-21(41-18)19-8-6-17(29)12-20(19)30/h5-13,24,26,34-35H,4,14H2,1-3H3,(H2,32,33,37)/b31-13+/t24-,26+/m1/s1. The number of furan rings is 1. The number of amides is 2. The molecule has 0 fully saturated rings. The fourth-order valence-corrected chi connectivity index (χ4v) is 4.57. The molecular weight excluding hydrogens is 575 g/mol. The van der Waals surface area contributed by atoms with E-state index >= 15 is 0 Å². The number of benzene rings is 2. The molecule has 216 valence electrons. The maximum Gasteiger partial charge on any atom is 0.337 e. The van der Waals surface area contributed by atoms with Crippen molar-refractivity contribution in [3.63, 3.8) is 0 Å². The summed E-state index contributed by atoms with van der Waals surface area (Å²) < 4.78 is 22.1. The van der Waals surface area contributed by atoms with Gasteiger partial charge in [0.1, 0.15) is 18.1 Å². The molecule has 2 amide bonds. The third kappa shape index (κ3) is 7.31. The second kappa shape index (κ2) is 13.4. The minimum atomic E-state index is -1.17. The van der Waals surface area contributed by atoms with Gasteiger partial charge in [-0.2, -0.15) is 5.10 Å². The summed E-state index contributed by atoms with van der Waals surface area (Å²) >= 11 is 12.2. The van der Waals surface area contributed by atoms with Crippen molar-refractivity contribution in [2.75, 3.05) is 20.3 Å². The van der Waals surface area contributed by atoms with Crippen molar-refractivity contribution in [2.45, 2.75) is 26.1 Å². The largest absolute Gasteiger partial charge is 0.490 e. The lowest BCUT2D eigenvalue weighted by molar-refractivity contribution is -0.136. The summed E-state index contributed by atoms with van der Waals surface area (Å²) in [5, 5.41) is 20.6. The molecule has 4 rings (SSSR count). The molecule has 2 atom stereocenters. The molecule has 1 aliphatic heterocycles. The molecule has 0 saturated heterocycles. The van der Waals surface area contributed by atoms with Crippen LogP contribution in [0.4, 0.5) is 4.79 Å². The maximum atomic E-state index is 12.4. The molecule has 2 heterocycles. The predicted molar refractivity (Wildman–Crippen MR) is 153 cm³/mol. The van der Waals surface area contributed by atoms with Crippen LogP contribution < -0.4 is 25.5 Å². The van der Waals surface area contributed by atoms with Gasteiger partial charge in [0.2, 0.25) is 0 Å². The Kier molecular flexibility index (Phi) is 9.77. The van der Waals surface area contributed by atoms with Gasteiger partial charge in [-0.05, 0) is 61.9 Å². The minimum absolute atomic E-state index is 0.170. The van der Waals surface area contributed by atoms with E-state index in [-0.39, 0.29) is 12.2 Å². The van der Waals surface area contributed by atoms with Crippen molar-refractivity contribution >= 4 is 41.4 Å². The zero-order valence-electron chi connectivity index (χ0n) is 22.4. The van der Waals surface area contributed by atoms with E-state index in [2.05, 4.69) is 21.2 Å². The van der Waals surface area contributed by atoms with Crippen molar-refractivity contribution in [1.82, 2.24) is 16.1 Å². The van der Waals surface area contributed by atoms with Crippen LogP contribution >= 0.6 is 23.2 Å². The third-order valence-electron chi connectivity index (χ3n) is 5.91. The molecule has 13 heteroatoms. The number of esters is 1. The number of aliphatic hydroxyl groups excluding tert-OH is 1. The molecule has 1 aliphatic rings. The van der Waals surface area contributed by atoms with Gasteiger partial charge in [0.25, 0.3) is 0 Å². The number of rotatable bonds is 11. The van der Waals surface area contributed by atoms with Gasteiger partial charge >= 0.3 is 12.0 Å². The fraction of sp³-hybridized carbons (Fsp3) is 0.250. The Morgan fingerprint density at radius 3 is 2.71 bits per heavy atom. The number of urea groups is 1. The average molecular weight is 603 g/mol. The quantitative estimate of drug-likeness (QED) is 0.106. The lowest BCUT2D eigenvalue weighted by Crippen LogP contribution is -2.45. The number of nitrogens with zero attached hydrogens (tertiary/aromatic N) is 1. The molecule has 3 aromatic rings. The molecule has 0 aliphatic carbocycles. The van der Waals surface area contributed by atoms with Crippen LogP contribution in [0.5, 0.6) is 11.5 Å². The first-order chi connectivity index (χ1) is 19.7. The van der Waals surface area contributed by atoms with Gasteiger partial charge in [0, 0.05) is 16.3 Å². The molecule has 0 saturated carbocycles. The van der Waals surface area contributed by atoms with Crippen LogP contribution in [0.2, 0.25) is 10.0 Å². The first-order valence-corrected chi connectivity index (χ1v) is 13.2. The van der Waals surface area contributed by atoms with E-state index < -0.39 is 24.3 Å². The third-order valence-corrected chi connectivity index (χ3v) is 6.46. The van der Waals surface area contributed by atoms with Gasteiger partial charge in [0.15, 0.2) is 17.7 Å². The molecule has 0 unspecified atom stereocenters. The summed E-state index contributed by atoms with van der Waals surface area (Å²) in [5.41, 5.74) is 4.48. The molecular formula is C28H28Cl2N4O7. The fourth-order valence-electron chi connectivity index (χ4n) is 4.07. The Hall–Kier alpha value is -4.19. The number of methoxy groups -OCH3 is 1. The number of carbonyl (C=O) groups is 2. The van der Waals surface area contributed by atoms with Crippen LogP contribution in [0.15, 0.2) is 69.3 Å². The second-order valence-electron chi connectivity index (χ2n) is 8.74. The summed E-state index contributed by atoms with van der Waals surface area (Å²) in [4.78, 5) is 24.5. The SMILES string of the molecule is CCOc1cc([C@@H]2NC(=O)NC(C)=C2C(=O)OC)ccc1OC[C@@H](O)N/N=C/c1ccc(-c2ccc(Cl)cc2Cl)o1. The number of halogens is 2. The van der Waals surface area contributed by atoms with Crippen molar-refractivity contribution in [1.29, 1.82) is 0 Å². The normalized spacial score (nSPS) is 15.8. The van der Waals surface area contributed by atoms with Gasteiger partial charge in [-0.3, -0.25) is 5.43 Å². The predicted octanol–water partition coefficient (Wildman–Crippen LogP) is 4.77. The molecule has 1 aromatic heterocycles. The van der Waals surface area contributed by atoms with Crippen molar-refractivity contribution in [3.8, 4) is 22.8 Å². The van der Waals surface area contributed by atoms with Crippen molar-refractivity contribution < 1.29 is 33.3 Å². The highest BCUT2D eigenvalue weighted by Gasteiger charge is 2.32. The van der Waals surface area contributed by atoms with E-state index in [0.29, 0.717) is 56.5 Å². The summed E-state index contributed by atoms with van der Waals surface area (Å²) in [6.07, 6.45) is 0.236. The summed E-state index contributed by atoms with van der Waals surface area (Å²) in [7, 11) is 1.27. The van der Waals surface area contributed by atoms with Crippen LogP contribution in [0.1, 0.15) is 31.2 Å². The highest BCUT2D eigenvalue weighted by molar-refractivity contribution is 6.36. The van der Waals surface area contributed by atoms with E-state index in [1.807, 2.05) is 0 Å². The molecule has 11 nitrogen and oxygen atoms in total. The highest BCUT2D eigenvalue weighted by atomic mass is 35.5. The molecule has 0 spiro atoms. The Bertz CT molecular complexity index is 1490. The van der Waals surface area contributed by atoms with Gasteiger partial charge in [0.05, 0.1) is 36.6 Å². The van der Waals surface area contributed by atoms with Gasteiger partial charge in [-0.1, -0.05) is 29.3 Å². The van der Waals surface area contributed by atoms with Crippen LogP contribution in [-0.2, 0) is 9.53 Å². The first kappa shape index (κ1) is 29.8. The van der Waals surface area contributed by atoms with E-state index in [1.54, 1.807) is 62.4 Å². The zero-order chi connectivity index (χ0) is 29.5. The van der Waals surface area contributed by atoms with E-state index in [0.717, 1.165) is 0 Å².